The molecule has 278 valence electrons. The van der Waals surface area contributed by atoms with Crippen molar-refractivity contribution in [2.45, 2.75) is 56.2 Å². The molecule has 0 amide bonds. The second kappa shape index (κ2) is 16.2. The quantitative estimate of drug-likeness (QED) is 0.0771. The minimum Gasteiger partial charge on any atom is -0.508 e. The number of benzene rings is 3. The molecule has 0 unspecified atom stereocenters. The van der Waals surface area contributed by atoms with Gasteiger partial charge in [-0.15, -0.1) is 0 Å². The van der Waals surface area contributed by atoms with E-state index in [1.54, 1.807) is 12.1 Å². The Labute approximate surface area is 304 Å². The van der Waals surface area contributed by atoms with Crippen molar-refractivity contribution in [1.29, 1.82) is 0 Å². The highest BCUT2D eigenvalue weighted by molar-refractivity contribution is 5.82. The van der Waals surface area contributed by atoms with Crippen LogP contribution in [-0.4, -0.2) is 84.6 Å². The molecule has 13 heteroatoms. The fourth-order valence-corrected chi connectivity index (χ4v) is 6.53. The first-order valence-electron chi connectivity index (χ1n) is 17.2. The Bertz CT molecular complexity index is 2070. The lowest BCUT2D eigenvalue weighted by Crippen LogP contribution is -2.75. The molecule has 0 radical (unpaired) electrons. The number of aromatic amines is 1. The Hall–Kier alpha value is -5.28. The van der Waals surface area contributed by atoms with Crippen LogP contribution in [0, 0.1) is 11.8 Å². The Balaban J connectivity index is 1.23. The number of phenols is 1. The molecule has 8 N–H and O–H groups in total. The van der Waals surface area contributed by atoms with Crippen LogP contribution in [0.5, 0.6) is 11.5 Å². The van der Waals surface area contributed by atoms with Gasteiger partial charge in [0.25, 0.3) is 0 Å². The largest absolute Gasteiger partial charge is 0.508 e. The van der Waals surface area contributed by atoms with Crippen LogP contribution in [0.4, 0.5) is 0 Å². The lowest BCUT2D eigenvalue weighted by atomic mass is 9.83. The summed E-state index contributed by atoms with van der Waals surface area (Å²) in [6, 6.07) is 21.9. The number of fused-ring (bicyclic) bond motifs is 1. The number of hydrogen-bond acceptors (Lipinski definition) is 11. The van der Waals surface area contributed by atoms with Crippen molar-refractivity contribution in [3.63, 3.8) is 0 Å². The van der Waals surface area contributed by atoms with Crippen molar-refractivity contribution >= 4 is 23.0 Å². The van der Waals surface area contributed by atoms with E-state index in [1.807, 2.05) is 54.9 Å². The van der Waals surface area contributed by atoms with Crippen LogP contribution in [-0.2, 0) is 16.0 Å². The molecule has 3 aromatic carbocycles. The van der Waals surface area contributed by atoms with Crippen LogP contribution in [0.1, 0.15) is 24.5 Å². The number of aliphatic hydroxyl groups excluding tert-OH is 3. The smallest absolute Gasteiger partial charge is 0.335 e. The first-order chi connectivity index (χ1) is 25.4. The van der Waals surface area contributed by atoms with Gasteiger partial charge < -0.3 is 49.5 Å². The molecular weight excluding hydrogens is 684 g/mol. The van der Waals surface area contributed by atoms with Crippen LogP contribution in [0.25, 0.3) is 28.2 Å². The highest BCUT2D eigenvalue weighted by Gasteiger charge is 2.62. The summed E-state index contributed by atoms with van der Waals surface area (Å²) in [7, 11) is 0. The minimum absolute atomic E-state index is 0.0340. The summed E-state index contributed by atoms with van der Waals surface area (Å²) in [6.45, 7) is 2.20. The first kappa shape index (κ1) is 37.5. The number of rotatable bonds is 14. The van der Waals surface area contributed by atoms with Crippen molar-refractivity contribution in [3.8, 4) is 22.6 Å². The Morgan fingerprint density at radius 3 is 2.53 bits per heavy atom. The number of hydrogen-bond donors (Lipinski definition) is 8. The standard InChI is InChI=1S/C40H42N2O11/c1-23(6-5-9-24-7-3-2-4-8-24)27(18-25-16-17-41-20-25)21-42-38(49)40(50)36(46)34(45)35(37(47)48)53-39(40)52-29-14-15-30-32(19-29)51-22-31(33(30)44)26-10-12-28(43)13-11-26/h2-5,7-17,19-20,22-23,27,34-36,38-39,41-43,45-46,49-50H,6,18,21H2,1H3,(H,47,48)/b9-5+/t23-,27+,34-,35+,36+,38-,39-,40+/m1/s1. The monoisotopic (exact) mass is 726 g/mol. The maximum absolute atomic E-state index is 13.3. The minimum atomic E-state index is -2.79. The number of aromatic nitrogens is 1. The van der Waals surface area contributed by atoms with E-state index in [1.165, 1.54) is 36.6 Å². The summed E-state index contributed by atoms with van der Waals surface area (Å²) in [5, 5.41) is 67.8. The molecule has 53 heavy (non-hydrogen) atoms. The van der Waals surface area contributed by atoms with E-state index >= 15 is 0 Å². The number of H-pyrrole nitrogens is 1. The van der Waals surface area contributed by atoms with Gasteiger partial charge in [-0.1, -0.05) is 61.5 Å². The number of allylic oxidation sites excluding steroid dienone is 1. The topological polar surface area (TPSA) is 215 Å². The van der Waals surface area contributed by atoms with Crippen LogP contribution < -0.4 is 15.5 Å². The third kappa shape index (κ3) is 8.20. The molecule has 0 saturated carbocycles. The molecular formula is C40H42N2O11. The number of carboxylic acid groups (broad SMARTS) is 1. The molecule has 6 rings (SSSR count). The van der Waals surface area contributed by atoms with Gasteiger partial charge in [-0.2, -0.15) is 0 Å². The third-order valence-electron chi connectivity index (χ3n) is 9.76. The maximum atomic E-state index is 13.3. The maximum Gasteiger partial charge on any atom is 0.335 e. The normalized spacial score (nSPS) is 23.5. The highest BCUT2D eigenvalue weighted by Crippen LogP contribution is 2.35. The second-order valence-corrected chi connectivity index (χ2v) is 13.4. The first-order valence-corrected chi connectivity index (χ1v) is 17.2. The van der Waals surface area contributed by atoms with E-state index in [0.717, 1.165) is 11.1 Å². The fraction of sp³-hybridized carbons (Fsp3) is 0.300. The van der Waals surface area contributed by atoms with Crippen LogP contribution in [0.15, 0.2) is 113 Å². The molecule has 1 saturated heterocycles. The molecule has 8 atom stereocenters. The van der Waals surface area contributed by atoms with Crippen molar-refractivity contribution in [2.24, 2.45) is 11.8 Å². The van der Waals surface area contributed by atoms with Crippen molar-refractivity contribution < 1.29 is 49.3 Å². The molecule has 5 aromatic rings. The van der Waals surface area contributed by atoms with E-state index in [2.05, 4.69) is 23.3 Å². The summed E-state index contributed by atoms with van der Waals surface area (Å²) < 4.78 is 17.1. The average Bonchev–Trinajstić information content (AvgIpc) is 3.67. The number of carbonyl (C=O) groups is 1. The second-order valence-electron chi connectivity index (χ2n) is 13.4. The predicted molar refractivity (Wildman–Crippen MR) is 195 cm³/mol. The van der Waals surface area contributed by atoms with E-state index < -0.39 is 42.4 Å². The molecule has 1 aliphatic heterocycles. The molecule has 0 bridgehead atoms. The van der Waals surface area contributed by atoms with Gasteiger partial charge in [-0.3, -0.25) is 10.1 Å². The van der Waals surface area contributed by atoms with E-state index in [9.17, 15) is 40.2 Å². The van der Waals surface area contributed by atoms with E-state index in [-0.39, 0.29) is 51.8 Å². The zero-order valence-corrected chi connectivity index (χ0v) is 28.8. The van der Waals surface area contributed by atoms with Gasteiger partial charge >= 0.3 is 5.97 Å². The zero-order chi connectivity index (χ0) is 37.7. The van der Waals surface area contributed by atoms with Crippen molar-refractivity contribution in [3.05, 3.63) is 125 Å². The molecule has 0 aliphatic carbocycles. The van der Waals surface area contributed by atoms with Gasteiger partial charge in [0.15, 0.2) is 17.1 Å². The summed E-state index contributed by atoms with van der Waals surface area (Å²) in [5.74, 6) is -1.69. The molecule has 3 heterocycles. The summed E-state index contributed by atoms with van der Waals surface area (Å²) in [6.07, 6.45) is -0.118. The van der Waals surface area contributed by atoms with Crippen molar-refractivity contribution in [2.75, 3.05) is 6.54 Å². The number of aliphatic carboxylic acids is 1. The Morgan fingerprint density at radius 2 is 1.83 bits per heavy atom. The van der Waals surface area contributed by atoms with E-state index in [4.69, 9.17) is 13.9 Å². The summed E-state index contributed by atoms with van der Waals surface area (Å²) >= 11 is 0. The molecule has 0 spiro atoms. The average molecular weight is 727 g/mol. The number of aromatic hydroxyl groups is 1. The molecule has 2 aromatic heterocycles. The summed E-state index contributed by atoms with van der Waals surface area (Å²) in [4.78, 5) is 28.3. The number of phenolic OH excluding ortho intramolecular Hbond substituents is 1. The van der Waals surface area contributed by atoms with Gasteiger partial charge in [0.2, 0.25) is 6.29 Å². The fourth-order valence-electron chi connectivity index (χ4n) is 6.53. The van der Waals surface area contributed by atoms with Gasteiger partial charge in [0.1, 0.15) is 41.8 Å². The van der Waals surface area contributed by atoms with Crippen molar-refractivity contribution in [1.82, 2.24) is 10.3 Å². The Morgan fingerprint density at radius 1 is 1.08 bits per heavy atom. The third-order valence-corrected chi connectivity index (χ3v) is 9.76. The number of aliphatic hydroxyl groups is 4. The van der Waals surface area contributed by atoms with Gasteiger partial charge in [-0.05, 0) is 71.7 Å². The lowest BCUT2D eigenvalue weighted by molar-refractivity contribution is -0.338. The SMILES string of the molecule is C[C@H](C/C=C/c1ccccc1)[C@H](CN[C@H](O)[C@]1(O)[C@H](Oc2ccc3c(=O)c(-c4ccc(O)cc4)coc3c2)O[C@H](C(=O)O)[C@@H](O)[C@@H]1O)Cc1cc[nH]c1. The number of carboxylic acids is 1. The van der Waals surface area contributed by atoms with E-state index in [0.29, 0.717) is 18.4 Å². The highest BCUT2D eigenvalue weighted by atomic mass is 16.7. The number of nitrogens with one attached hydrogen (secondary N) is 2. The number of ether oxygens (including phenoxy) is 2. The van der Waals surface area contributed by atoms with Crippen LogP contribution in [0.2, 0.25) is 0 Å². The van der Waals surface area contributed by atoms with Crippen LogP contribution >= 0.6 is 0 Å². The lowest BCUT2D eigenvalue weighted by Gasteiger charge is -2.48. The van der Waals surface area contributed by atoms with Gasteiger partial charge in [0, 0.05) is 25.0 Å². The van der Waals surface area contributed by atoms with Gasteiger partial charge in [-0.25, -0.2) is 4.79 Å². The predicted octanol–water partition coefficient (Wildman–Crippen LogP) is 3.64. The van der Waals surface area contributed by atoms with Crippen LogP contribution in [0.3, 0.4) is 0 Å². The summed E-state index contributed by atoms with van der Waals surface area (Å²) in [5.41, 5.74) is -0.267. The molecule has 13 nitrogen and oxygen atoms in total. The Kier molecular flexibility index (Phi) is 11.4. The molecule has 1 aliphatic rings. The molecule has 1 fully saturated rings. The van der Waals surface area contributed by atoms with Gasteiger partial charge in [0.05, 0.1) is 10.9 Å². The zero-order valence-electron chi connectivity index (χ0n) is 28.8.